The van der Waals surface area contributed by atoms with Gasteiger partial charge in [-0.3, -0.25) is 4.79 Å². The molecule has 2 aliphatic heterocycles. The minimum Gasteiger partial charge on any atom is -0.394 e. The Morgan fingerprint density at radius 3 is 1.39 bits per heavy atom. The van der Waals surface area contributed by atoms with Crippen LogP contribution in [0.5, 0.6) is 0 Å². The first-order valence-electron chi connectivity index (χ1n) is 30.9. The smallest absolute Gasteiger partial charge is 0.220 e. The Labute approximate surface area is 461 Å². The molecule has 12 atom stereocenters. The summed E-state index contributed by atoms with van der Waals surface area (Å²) in [6, 6.07) is -0.824. The average Bonchev–Trinajstić information content (AvgIpc) is 3.42. The van der Waals surface area contributed by atoms with Crippen molar-refractivity contribution in [3.8, 4) is 0 Å². The second kappa shape index (κ2) is 47.7. The predicted molar refractivity (Wildman–Crippen MR) is 304 cm³/mol. The van der Waals surface area contributed by atoms with Gasteiger partial charge in [-0.05, 0) is 51.4 Å². The number of aliphatic hydroxyl groups is 8. The van der Waals surface area contributed by atoms with Crippen LogP contribution in [0.25, 0.3) is 0 Å². The van der Waals surface area contributed by atoms with Crippen molar-refractivity contribution in [1.29, 1.82) is 0 Å². The Balaban J connectivity index is 1.53. The standard InChI is InChI=1S/C62H113NO13/c1-3-5-7-9-11-12-13-14-15-16-17-18-19-20-21-22-23-24-25-26-27-28-29-30-31-32-33-34-35-36-37-38-40-42-44-46-54(67)63-50(51(66)45-43-41-39-10-8-6-4-2)49-73-61-59(72)57(70)60(53(48-65)75-61)76-62-58(71)56(69)55(68)52(47-64)74-62/h5,7,11-12,14-15,17-18,50-53,55-62,64-66,68-72H,3-4,6,8-10,13,16,19-49H2,1-2H3,(H,63,67)/b7-5-,12-11-,15-14-,18-17-. The molecule has 12 unspecified atom stereocenters. The van der Waals surface area contributed by atoms with Crippen LogP contribution in [0.4, 0.5) is 0 Å². The van der Waals surface area contributed by atoms with E-state index in [1.165, 1.54) is 141 Å². The zero-order valence-electron chi connectivity index (χ0n) is 47.7. The molecule has 2 saturated heterocycles. The van der Waals surface area contributed by atoms with Gasteiger partial charge in [0.15, 0.2) is 12.6 Å². The lowest BCUT2D eigenvalue weighted by atomic mass is 9.97. The number of carbonyl (C=O) groups is 1. The first kappa shape index (κ1) is 70.1. The molecule has 0 saturated carbocycles. The Bertz CT molecular complexity index is 1460. The van der Waals surface area contributed by atoms with Gasteiger partial charge in [0.1, 0.15) is 48.8 Å². The number of allylic oxidation sites excluding steroid dienone is 8. The molecule has 0 bridgehead atoms. The van der Waals surface area contributed by atoms with Crippen molar-refractivity contribution in [2.75, 3.05) is 19.8 Å². The van der Waals surface area contributed by atoms with Crippen molar-refractivity contribution in [2.24, 2.45) is 0 Å². The monoisotopic (exact) mass is 1080 g/mol. The number of ether oxygens (including phenoxy) is 4. The summed E-state index contributed by atoms with van der Waals surface area (Å²) in [7, 11) is 0. The Morgan fingerprint density at radius 2 is 0.908 bits per heavy atom. The summed E-state index contributed by atoms with van der Waals surface area (Å²) in [5.41, 5.74) is 0. The molecule has 76 heavy (non-hydrogen) atoms. The van der Waals surface area contributed by atoms with Crippen LogP contribution in [0.3, 0.4) is 0 Å². The number of aliphatic hydroxyl groups excluding tert-OH is 8. The van der Waals surface area contributed by atoms with E-state index >= 15 is 0 Å². The molecule has 14 nitrogen and oxygen atoms in total. The Kier molecular flexibility index (Phi) is 44.0. The summed E-state index contributed by atoms with van der Waals surface area (Å²) in [5.74, 6) is -0.208. The molecule has 0 aliphatic carbocycles. The molecule has 2 fully saturated rings. The lowest BCUT2D eigenvalue weighted by Gasteiger charge is -2.46. The molecule has 0 aromatic carbocycles. The largest absolute Gasteiger partial charge is 0.394 e. The molecule has 2 rings (SSSR count). The van der Waals surface area contributed by atoms with E-state index in [1.54, 1.807) is 0 Å². The highest BCUT2D eigenvalue weighted by Gasteiger charge is 2.51. The van der Waals surface area contributed by atoms with E-state index in [0.717, 1.165) is 77.0 Å². The van der Waals surface area contributed by atoms with Gasteiger partial charge in [-0.2, -0.15) is 0 Å². The van der Waals surface area contributed by atoms with Gasteiger partial charge in [0.25, 0.3) is 0 Å². The minimum atomic E-state index is -1.78. The van der Waals surface area contributed by atoms with Crippen molar-refractivity contribution >= 4 is 5.91 Å². The molecular weight excluding hydrogens is 967 g/mol. The number of hydrogen-bond donors (Lipinski definition) is 9. The Hall–Kier alpha value is -2.05. The minimum absolute atomic E-state index is 0.208. The van der Waals surface area contributed by atoms with E-state index in [0.29, 0.717) is 12.8 Å². The third kappa shape index (κ3) is 32.9. The number of rotatable bonds is 49. The molecule has 1 amide bonds. The SMILES string of the molecule is CC/C=C\C/C=C\C/C=C\C/C=C\CCCCCCCCCCCCCCCCCCCCCCCCC(=O)NC(COC1OC(CO)C(OC2OC(CO)C(O)C(O)C2O)C(O)C1O)C(O)CCCCCCCCC. The van der Waals surface area contributed by atoms with Crippen LogP contribution in [0.2, 0.25) is 0 Å². The fourth-order valence-electron chi connectivity index (χ4n) is 10.1. The van der Waals surface area contributed by atoms with Crippen LogP contribution in [-0.4, -0.2) is 140 Å². The molecule has 0 spiro atoms. The highest BCUT2D eigenvalue weighted by molar-refractivity contribution is 5.76. The number of nitrogens with one attached hydrogen (secondary N) is 1. The quantitative estimate of drug-likeness (QED) is 0.0204. The van der Waals surface area contributed by atoms with E-state index in [4.69, 9.17) is 18.9 Å². The van der Waals surface area contributed by atoms with Gasteiger partial charge in [-0.15, -0.1) is 0 Å². The van der Waals surface area contributed by atoms with Crippen LogP contribution in [0.15, 0.2) is 48.6 Å². The van der Waals surface area contributed by atoms with Crippen LogP contribution >= 0.6 is 0 Å². The van der Waals surface area contributed by atoms with E-state index in [1.807, 2.05) is 0 Å². The van der Waals surface area contributed by atoms with Crippen LogP contribution < -0.4 is 5.32 Å². The number of amides is 1. The number of hydrogen-bond acceptors (Lipinski definition) is 13. The van der Waals surface area contributed by atoms with E-state index in [2.05, 4.69) is 67.8 Å². The van der Waals surface area contributed by atoms with E-state index in [9.17, 15) is 45.6 Å². The van der Waals surface area contributed by atoms with Gasteiger partial charge in [0.05, 0.1) is 32.0 Å². The lowest BCUT2D eigenvalue weighted by Crippen LogP contribution is -2.65. The molecule has 0 radical (unpaired) electrons. The van der Waals surface area contributed by atoms with Crippen molar-refractivity contribution in [2.45, 2.75) is 319 Å². The van der Waals surface area contributed by atoms with Gasteiger partial charge in [-0.1, -0.05) is 236 Å². The first-order chi connectivity index (χ1) is 37.1. The predicted octanol–water partition coefficient (Wildman–Crippen LogP) is 10.8. The van der Waals surface area contributed by atoms with E-state index < -0.39 is 86.8 Å². The molecule has 0 aromatic rings. The molecule has 0 aromatic heterocycles. The summed E-state index contributed by atoms with van der Waals surface area (Å²) < 4.78 is 22.7. The van der Waals surface area contributed by atoms with Gasteiger partial charge in [0, 0.05) is 6.42 Å². The highest BCUT2D eigenvalue weighted by Crippen LogP contribution is 2.30. The zero-order chi connectivity index (χ0) is 55.3. The lowest BCUT2D eigenvalue weighted by molar-refractivity contribution is -0.359. The second-order valence-corrected chi connectivity index (χ2v) is 21.8. The zero-order valence-corrected chi connectivity index (χ0v) is 47.7. The Morgan fingerprint density at radius 1 is 0.487 bits per heavy atom. The van der Waals surface area contributed by atoms with Gasteiger partial charge in [-0.25, -0.2) is 0 Å². The third-order valence-corrected chi connectivity index (χ3v) is 15.1. The van der Waals surface area contributed by atoms with Gasteiger partial charge < -0.3 is 65.1 Å². The van der Waals surface area contributed by atoms with Crippen molar-refractivity contribution in [3.05, 3.63) is 48.6 Å². The summed E-state index contributed by atoms with van der Waals surface area (Å²) in [6.45, 7) is 2.70. The fraction of sp³-hybridized carbons (Fsp3) is 0.855. The fourth-order valence-corrected chi connectivity index (χ4v) is 10.1. The molecule has 14 heteroatoms. The van der Waals surface area contributed by atoms with Crippen molar-refractivity contribution < 1.29 is 64.6 Å². The van der Waals surface area contributed by atoms with Gasteiger partial charge >= 0.3 is 0 Å². The van der Waals surface area contributed by atoms with Crippen LogP contribution in [0, 0.1) is 0 Å². The second-order valence-electron chi connectivity index (χ2n) is 21.8. The first-order valence-corrected chi connectivity index (χ1v) is 30.9. The molecular formula is C62H113NO13. The highest BCUT2D eigenvalue weighted by atomic mass is 16.7. The molecule has 2 aliphatic rings. The van der Waals surface area contributed by atoms with Crippen LogP contribution in [0.1, 0.15) is 245 Å². The van der Waals surface area contributed by atoms with Crippen molar-refractivity contribution in [3.63, 3.8) is 0 Å². The normalized spacial score (nSPS) is 25.2. The molecule has 2 heterocycles. The maximum absolute atomic E-state index is 13.2. The summed E-state index contributed by atoms with van der Waals surface area (Å²) in [4.78, 5) is 13.2. The number of carbonyl (C=O) groups excluding carboxylic acids is 1. The van der Waals surface area contributed by atoms with Crippen molar-refractivity contribution in [1.82, 2.24) is 5.32 Å². The number of unbranched alkanes of at least 4 members (excludes halogenated alkanes) is 28. The third-order valence-electron chi connectivity index (χ3n) is 15.1. The molecule has 9 N–H and O–H groups in total. The maximum Gasteiger partial charge on any atom is 0.220 e. The topological polar surface area (TPSA) is 228 Å². The maximum atomic E-state index is 13.2. The molecule has 444 valence electrons. The summed E-state index contributed by atoms with van der Waals surface area (Å²) in [5, 5.41) is 86.8. The summed E-state index contributed by atoms with van der Waals surface area (Å²) in [6.07, 6.45) is 43.3. The van der Waals surface area contributed by atoms with E-state index in [-0.39, 0.29) is 12.5 Å². The van der Waals surface area contributed by atoms with Crippen LogP contribution in [-0.2, 0) is 23.7 Å². The average molecular weight is 1080 g/mol. The summed E-state index contributed by atoms with van der Waals surface area (Å²) >= 11 is 0. The van der Waals surface area contributed by atoms with Gasteiger partial charge in [0.2, 0.25) is 5.91 Å².